The van der Waals surface area contributed by atoms with Crippen molar-refractivity contribution in [3.8, 4) is 5.75 Å². The van der Waals surface area contributed by atoms with Crippen LogP contribution in [0.3, 0.4) is 0 Å². The topological polar surface area (TPSA) is 38.3 Å². The summed E-state index contributed by atoms with van der Waals surface area (Å²) in [5.41, 5.74) is 2.96. The van der Waals surface area contributed by atoms with Gasteiger partial charge < -0.3 is 10.1 Å². The molecule has 0 aliphatic rings. The number of benzene rings is 2. The Bertz CT molecular complexity index is 670. The fourth-order valence-electron chi connectivity index (χ4n) is 2.18. The molecule has 22 heavy (non-hydrogen) atoms. The predicted octanol–water partition coefficient (Wildman–Crippen LogP) is 4.86. The molecule has 1 atom stereocenters. The van der Waals surface area contributed by atoms with Gasteiger partial charge in [-0.1, -0.05) is 36.8 Å². The number of halogens is 1. The molecule has 3 nitrogen and oxygen atoms in total. The number of hydrogen-bond donors (Lipinski definition) is 1. The van der Waals surface area contributed by atoms with Crippen molar-refractivity contribution in [2.45, 2.75) is 33.3 Å². The Labute approximate surface area is 139 Å². The average molecular weight is 362 g/mol. The van der Waals surface area contributed by atoms with E-state index in [2.05, 4.69) is 21.2 Å². The van der Waals surface area contributed by atoms with Crippen molar-refractivity contribution in [3.05, 3.63) is 58.1 Å². The SMILES string of the molecule is CC[C@@H](Oc1ccc(C)cc1C)C(=O)Nc1ccccc1Br. The molecule has 0 aliphatic carbocycles. The molecule has 2 aromatic rings. The average Bonchev–Trinajstić information content (AvgIpc) is 2.49. The number of ether oxygens (including phenoxy) is 1. The minimum Gasteiger partial charge on any atom is -0.480 e. The molecule has 1 amide bonds. The van der Waals surface area contributed by atoms with E-state index < -0.39 is 6.10 Å². The molecule has 4 heteroatoms. The van der Waals surface area contributed by atoms with Crippen molar-refractivity contribution >= 4 is 27.5 Å². The van der Waals surface area contributed by atoms with E-state index in [0.29, 0.717) is 6.42 Å². The number of hydrogen-bond acceptors (Lipinski definition) is 2. The van der Waals surface area contributed by atoms with E-state index in [1.54, 1.807) is 0 Å². The minimum absolute atomic E-state index is 0.144. The molecule has 0 radical (unpaired) electrons. The third-order valence-electron chi connectivity index (χ3n) is 3.39. The lowest BCUT2D eigenvalue weighted by molar-refractivity contribution is -0.122. The van der Waals surface area contributed by atoms with E-state index >= 15 is 0 Å². The minimum atomic E-state index is -0.520. The smallest absolute Gasteiger partial charge is 0.265 e. The second-order valence-electron chi connectivity index (χ2n) is 5.25. The van der Waals surface area contributed by atoms with Crippen LogP contribution in [0.1, 0.15) is 24.5 Å². The van der Waals surface area contributed by atoms with Gasteiger partial charge in [-0.3, -0.25) is 4.79 Å². The third kappa shape index (κ3) is 4.10. The summed E-state index contributed by atoms with van der Waals surface area (Å²) in [5.74, 6) is 0.606. The van der Waals surface area contributed by atoms with Crippen LogP contribution in [0.25, 0.3) is 0 Å². The molecule has 0 aromatic heterocycles. The van der Waals surface area contributed by atoms with E-state index in [1.165, 1.54) is 5.56 Å². The second-order valence-corrected chi connectivity index (χ2v) is 6.11. The van der Waals surface area contributed by atoms with Crippen LogP contribution in [0.2, 0.25) is 0 Å². The number of amides is 1. The highest BCUT2D eigenvalue weighted by Gasteiger charge is 2.20. The van der Waals surface area contributed by atoms with E-state index in [1.807, 2.05) is 63.2 Å². The molecule has 1 N–H and O–H groups in total. The predicted molar refractivity (Wildman–Crippen MR) is 93.4 cm³/mol. The summed E-state index contributed by atoms with van der Waals surface area (Å²) in [7, 11) is 0. The summed E-state index contributed by atoms with van der Waals surface area (Å²) in [6, 6.07) is 13.5. The molecule has 0 fully saturated rings. The highest BCUT2D eigenvalue weighted by molar-refractivity contribution is 9.10. The number of nitrogens with one attached hydrogen (secondary N) is 1. The number of rotatable bonds is 5. The van der Waals surface area contributed by atoms with Crippen LogP contribution in [0, 0.1) is 13.8 Å². The Hall–Kier alpha value is -1.81. The number of aryl methyl sites for hydroxylation is 2. The van der Waals surface area contributed by atoms with Crippen molar-refractivity contribution in [1.29, 1.82) is 0 Å². The van der Waals surface area contributed by atoms with Gasteiger partial charge >= 0.3 is 0 Å². The first-order valence-corrected chi connectivity index (χ1v) is 8.10. The zero-order valence-corrected chi connectivity index (χ0v) is 14.6. The first-order valence-electron chi connectivity index (χ1n) is 7.30. The molecule has 0 saturated heterocycles. The lowest BCUT2D eigenvalue weighted by atomic mass is 10.1. The van der Waals surface area contributed by atoms with Crippen molar-refractivity contribution in [2.75, 3.05) is 5.32 Å². The maximum absolute atomic E-state index is 12.4. The summed E-state index contributed by atoms with van der Waals surface area (Å²) in [6.07, 6.45) is 0.0809. The van der Waals surface area contributed by atoms with Gasteiger partial charge in [-0.25, -0.2) is 0 Å². The standard InChI is InChI=1S/C18H20BrNO2/c1-4-16(22-17-10-9-12(2)11-13(17)3)18(21)20-15-8-6-5-7-14(15)19/h5-11,16H,4H2,1-3H3,(H,20,21)/t16-/m1/s1. The number of carbonyl (C=O) groups is 1. The van der Waals surface area contributed by atoms with Crippen LogP contribution in [0.5, 0.6) is 5.75 Å². The van der Waals surface area contributed by atoms with Crippen molar-refractivity contribution in [2.24, 2.45) is 0 Å². The Kier molecular flexibility index (Phi) is 5.61. The summed E-state index contributed by atoms with van der Waals surface area (Å²) >= 11 is 3.43. The molecule has 2 aromatic carbocycles. The largest absolute Gasteiger partial charge is 0.480 e. The molecule has 0 aliphatic heterocycles. The van der Waals surface area contributed by atoms with Gasteiger partial charge in [0.05, 0.1) is 5.69 Å². The summed E-state index contributed by atoms with van der Waals surface area (Å²) in [4.78, 5) is 12.4. The van der Waals surface area contributed by atoms with Gasteiger partial charge in [-0.05, 0) is 60.0 Å². The summed E-state index contributed by atoms with van der Waals surface area (Å²) < 4.78 is 6.75. The van der Waals surface area contributed by atoms with Crippen molar-refractivity contribution in [1.82, 2.24) is 0 Å². The molecule has 116 valence electrons. The number of anilines is 1. The maximum atomic E-state index is 12.4. The Morgan fingerprint density at radius 1 is 1.23 bits per heavy atom. The first kappa shape index (κ1) is 16.6. The lowest BCUT2D eigenvalue weighted by Crippen LogP contribution is -2.32. The number of carbonyl (C=O) groups excluding carboxylic acids is 1. The molecular weight excluding hydrogens is 342 g/mol. The van der Waals surface area contributed by atoms with Crippen LogP contribution in [-0.2, 0) is 4.79 Å². The molecule has 0 saturated carbocycles. The van der Waals surface area contributed by atoms with Gasteiger partial charge in [-0.15, -0.1) is 0 Å². The van der Waals surface area contributed by atoms with Crippen LogP contribution in [0.15, 0.2) is 46.9 Å². The highest BCUT2D eigenvalue weighted by atomic mass is 79.9. The summed E-state index contributed by atoms with van der Waals surface area (Å²) in [5, 5.41) is 2.90. The van der Waals surface area contributed by atoms with Gasteiger partial charge in [0.15, 0.2) is 6.10 Å². The van der Waals surface area contributed by atoms with E-state index in [-0.39, 0.29) is 5.91 Å². The van der Waals surface area contributed by atoms with E-state index in [4.69, 9.17) is 4.74 Å². The quantitative estimate of drug-likeness (QED) is 0.825. The first-order chi connectivity index (χ1) is 10.5. The summed E-state index contributed by atoms with van der Waals surface area (Å²) in [6.45, 7) is 5.96. The zero-order valence-electron chi connectivity index (χ0n) is 13.0. The van der Waals surface area contributed by atoms with Gasteiger partial charge in [0, 0.05) is 4.47 Å². The third-order valence-corrected chi connectivity index (χ3v) is 4.09. The van der Waals surface area contributed by atoms with E-state index in [0.717, 1.165) is 21.5 Å². The van der Waals surface area contributed by atoms with Crippen LogP contribution < -0.4 is 10.1 Å². The van der Waals surface area contributed by atoms with Crippen LogP contribution in [-0.4, -0.2) is 12.0 Å². The molecule has 0 bridgehead atoms. The van der Waals surface area contributed by atoms with Gasteiger partial charge in [0.2, 0.25) is 0 Å². The Morgan fingerprint density at radius 3 is 2.59 bits per heavy atom. The van der Waals surface area contributed by atoms with Crippen molar-refractivity contribution < 1.29 is 9.53 Å². The van der Waals surface area contributed by atoms with E-state index in [9.17, 15) is 4.79 Å². The number of para-hydroxylation sites is 1. The fourth-order valence-corrected chi connectivity index (χ4v) is 2.57. The Morgan fingerprint density at radius 2 is 1.95 bits per heavy atom. The highest BCUT2D eigenvalue weighted by Crippen LogP contribution is 2.24. The molecule has 0 heterocycles. The second kappa shape index (κ2) is 7.45. The lowest BCUT2D eigenvalue weighted by Gasteiger charge is -2.19. The monoisotopic (exact) mass is 361 g/mol. The van der Waals surface area contributed by atoms with Gasteiger partial charge in [-0.2, -0.15) is 0 Å². The normalized spacial score (nSPS) is 11.8. The molecular formula is C18H20BrNO2. The van der Waals surface area contributed by atoms with Crippen LogP contribution in [0.4, 0.5) is 5.69 Å². The Balaban J connectivity index is 2.11. The molecule has 0 spiro atoms. The van der Waals surface area contributed by atoms with Crippen LogP contribution >= 0.6 is 15.9 Å². The van der Waals surface area contributed by atoms with Crippen molar-refractivity contribution in [3.63, 3.8) is 0 Å². The molecule has 2 rings (SSSR count). The zero-order chi connectivity index (χ0) is 16.1. The van der Waals surface area contributed by atoms with Gasteiger partial charge in [0.1, 0.15) is 5.75 Å². The maximum Gasteiger partial charge on any atom is 0.265 e. The molecule has 0 unspecified atom stereocenters. The van der Waals surface area contributed by atoms with Gasteiger partial charge in [0.25, 0.3) is 5.91 Å². The fraction of sp³-hybridized carbons (Fsp3) is 0.278.